The first-order valence-corrected chi connectivity index (χ1v) is 19.8. The second kappa shape index (κ2) is 20.2. The Hall–Kier alpha value is 0.867. The van der Waals surface area contributed by atoms with Gasteiger partial charge in [-0.15, -0.1) is 0 Å². The van der Waals surface area contributed by atoms with Gasteiger partial charge in [-0.1, -0.05) is 149 Å². The lowest BCUT2D eigenvalue weighted by molar-refractivity contribution is -0.137. The first-order valence-electron chi connectivity index (χ1n) is 10.8. The Balaban J connectivity index is 3.07. The van der Waals surface area contributed by atoms with Crippen LogP contribution < -0.4 is 0 Å². The van der Waals surface area contributed by atoms with Gasteiger partial charge in [-0.3, -0.25) is 0 Å². The Morgan fingerprint density at radius 3 is 1.33 bits per heavy atom. The molecule has 0 aliphatic rings. The Bertz CT molecular complexity index is 360. The van der Waals surface area contributed by atoms with Crippen LogP contribution in [0.15, 0.2) is 12.7 Å². The summed E-state index contributed by atoms with van der Waals surface area (Å²) in [6, 6.07) is 1.26. The molecule has 2 nitrogen and oxygen atoms in total. The van der Waals surface area contributed by atoms with Gasteiger partial charge in [0, 0.05) is 6.08 Å². The Morgan fingerprint density at radius 2 is 1.00 bits per heavy atom. The van der Waals surface area contributed by atoms with Crippen molar-refractivity contribution in [2.45, 2.75) is 109 Å². The second-order valence-electron chi connectivity index (χ2n) is 7.39. The van der Waals surface area contributed by atoms with Gasteiger partial charge in [-0.25, -0.2) is 4.79 Å². The summed E-state index contributed by atoms with van der Waals surface area (Å²) in [5, 5.41) is 0. The summed E-state index contributed by atoms with van der Waals surface area (Å²) in [5.41, 5.74) is 0. The number of esters is 1. The normalized spacial score (nSPS) is 11.5. The molecule has 0 heterocycles. The van der Waals surface area contributed by atoms with E-state index >= 15 is 0 Å². The molecule has 0 rings (SSSR count). The van der Waals surface area contributed by atoms with Crippen molar-refractivity contribution in [2.75, 3.05) is 6.61 Å². The highest BCUT2D eigenvalue weighted by atomic mass is 80.0. The van der Waals surface area contributed by atoms with Crippen LogP contribution in [0.25, 0.3) is 0 Å². The van der Waals surface area contributed by atoms with Gasteiger partial charge >= 0.3 is 5.97 Å². The number of ether oxygens (including phenoxy) is 1. The van der Waals surface area contributed by atoms with Crippen molar-refractivity contribution >= 4 is 55.8 Å². The van der Waals surface area contributed by atoms with Crippen LogP contribution in [-0.2, 0) is 9.53 Å². The topological polar surface area (TPSA) is 26.3 Å². The minimum Gasteiger partial charge on any atom is -0.463 e. The summed E-state index contributed by atoms with van der Waals surface area (Å²) in [5.74, 6) is -0.303. The van der Waals surface area contributed by atoms with E-state index in [1.54, 1.807) is 0 Å². The third-order valence-electron chi connectivity index (χ3n) is 4.77. The van der Waals surface area contributed by atoms with Crippen molar-refractivity contribution in [1.29, 1.82) is 0 Å². The van der Waals surface area contributed by atoms with Crippen LogP contribution in [0.3, 0.4) is 0 Å². The van der Waals surface area contributed by atoms with Crippen molar-refractivity contribution in [1.82, 2.24) is 0 Å². The number of rotatable bonds is 20. The van der Waals surface area contributed by atoms with E-state index in [-0.39, 0.29) is 5.97 Å². The first kappa shape index (κ1) is 27.9. The van der Waals surface area contributed by atoms with Gasteiger partial charge in [0.15, 0.2) is 0 Å². The van der Waals surface area contributed by atoms with E-state index in [0.29, 0.717) is 6.61 Å². The van der Waals surface area contributed by atoms with Crippen molar-refractivity contribution in [3.63, 3.8) is 0 Å². The average Bonchev–Trinajstić information content (AvgIpc) is 2.62. The molecule has 0 fully saturated rings. The third-order valence-corrected chi connectivity index (χ3v) is 9.25. The largest absolute Gasteiger partial charge is 0.463 e. The van der Waals surface area contributed by atoms with Gasteiger partial charge in [0.1, 0.15) is 0 Å². The third kappa shape index (κ3) is 24.8. The lowest BCUT2D eigenvalue weighted by Crippen LogP contribution is -2.04. The van der Waals surface area contributed by atoms with Crippen LogP contribution in [0.2, 0.25) is 6.04 Å². The molecule has 27 heavy (non-hydrogen) atoms. The van der Waals surface area contributed by atoms with Crippen molar-refractivity contribution in [2.24, 2.45) is 0 Å². The molecule has 0 aromatic rings. The Labute approximate surface area is 192 Å². The Kier molecular flexibility index (Phi) is 20.8. The molecule has 0 aliphatic carbocycles. The first-order chi connectivity index (χ1) is 13.0. The summed E-state index contributed by atoms with van der Waals surface area (Å²) < 4.78 is 3.61. The molecule has 0 aromatic heterocycles. The van der Waals surface area contributed by atoms with E-state index in [4.69, 9.17) is 4.74 Å². The molecular weight excluding hydrogens is 552 g/mol. The fraction of sp³-hybridized carbons (Fsp3) is 0.857. The van der Waals surface area contributed by atoms with Crippen molar-refractivity contribution < 1.29 is 9.53 Å². The smallest absolute Gasteiger partial charge is 0.330 e. The Morgan fingerprint density at radius 1 is 0.667 bits per heavy atom. The molecule has 0 bridgehead atoms. The molecule has 0 spiro atoms. The highest BCUT2D eigenvalue weighted by molar-refractivity contribution is 9.72. The number of hydrogen-bond donors (Lipinski definition) is 0. The molecule has 0 N–H and O–H groups in total. The average molecular weight is 591 g/mol. The van der Waals surface area contributed by atoms with Gasteiger partial charge in [0.2, 0.25) is 0 Å². The van der Waals surface area contributed by atoms with Crippen molar-refractivity contribution in [3.05, 3.63) is 12.7 Å². The van der Waals surface area contributed by atoms with Crippen LogP contribution in [0.4, 0.5) is 0 Å². The number of carbonyl (C=O) groups is 1. The summed E-state index contributed by atoms with van der Waals surface area (Å²) in [4.78, 5) is 10.9. The number of unbranched alkanes of at least 4 members (excludes halogenated alkanes) is 15. The summed E-state index contributed by atoms with van der Waals surface area (Å²) in [7, 11) is 0. The van der Waals surface area contributed by atoms with Gasteiger partial charge in [0.25, 0.3) is 3.93 Å². The van der Waals surface area contributed by atoms with Gasteiger partial charge in [-0.2, -0.15) is 0 Å². The highest BCUT2D eigenvalue weighted by Gasteiger charge is 2.20. The molecule has 6 heteroatoms. The van der Waals surface area contributed by atoms with Crippen LogP contribution in [-0.4, -0.2) is 16.5 Å². The number of carbonyl (C=O) groups excluding carboxylic acids is 1. The van der Waals surface area contributed by atoms with Crippen molar-refractivity contribution in [3.8, 4) is 0 Å². The van der Waals surface area contributed by atoms with Gasteiger partial charge in [0.05, 0.1) is 6.61 Å². The molecule has 0 radical (unpaired) electrons. The maximum Gasteiger partial charge on any atom is 0.330 e. The van der Waals surface area contributed by atoms with Crippen LogP contribution >= 0.6 is 45.9 Å². The molecular formula is C21H39Br3O2Si. The zero-order chi connectivity index (χ0) is 20.2. The molecule has 0 aromatic carbocycles. The molecule has 0 unspecified atom stereocenters. The summed E-state index contributed by atoms with van der Waals surface area (Å²) in [6.07, 6.45) is 22.7. The number of halogens is 3. The molecule has 0 amide bonds. The molecule has 0 aliphatic heterocycles. The minimum absolute atomic E-state index is 0.303. The standard InChI is InChI=1S/C21H39Br3O2Si/c1-2-21(25)26-19-17-15-13-11-9-7-5-3-4-6-8-10-12-14-16-18-20-27(22,23)24/h2H,1,3-20H2. The maximum absolute atomic E-state index is 10.9. The predicted octanol–water partition coefficient (Wildman–Crippen LogP) is 9.08. The molecule has 0 saturated heterocycles. The highest BCUT2D eigenvalue weighted by Crippen LogP contribution is 2.33. The second-order valence-corrected chi connectivity index (χ2v) is 30.9. The van der Waals surface area contributed by atoms with E-state index in [1.807, 2.05) is 0 Å². The van der Waals surface area contributed by atoms with E-state index in [2.05, 4.69) is 52.5 Å². The SMILES string of the molecule is C=CC(=O)OCCCCCCCCCCCCCCCCCC[Si](Br)(Br)Br. The molecule has 160 valence electrons. The lowest BCUT2D eigenvalue weighted by atomic mass is 10.0. The van der Waals surface area contributed by atoms with Crippen LogP contribution in [0, 0.1) is 0 Å². The lowest BCUT2D eigenvalue weighted by Gasteiger charge is -2.08. The number of hydrogen-bond acceptors (Lipinski definition) is 2. The molecule has 0 atom stereocenters. The zero-order valence-electron chi connectivity index (χ0n) is 17.0. The molecule has 0 saturated carbocycles. The predicted molar refractivity (Wildman–Crippen MR) is 132 cm³/mol. The minimum atomic E-state index is -1.35. The fourth-order valence-electron chi connectivity index (χ4n) is 3.13. The van der Waals surface area contributed by atoms with E-state index < -0.39 is 3.93 Å². The van der Waals surface area contributed by atoms with Crippen LogP contribution in [0.1, 0.15) is 103 Å². The maximum atomic E-state index is 10.9. The fourth-order valence-corrected chi connectivity index (χ4v) is 6.31. The summed E-state index contributed by atoms with van der Waals surface area (Å²) >= 11 is 11.1. The van der Waals surface area contributed by atoms with Gasteiger partial charge < -0.3 is 4.74 Å². The zero-order valence-corrected chi connectivity index (χ0v) is 22.7. The van der Waals surface area contributed by atoms with Gasteiger partial charge in [-0.05, 0) is 12.5 Å². The van der Waals surface area contributed by atoms with Crippen LogP contribution in [0.5, 0.6) is 0 Å². The summed E-state index contributed by atoms with van der Waals surface area (Å²) in [6.45, 7) is 3.93. The van der Waals surface area contributed by atoms with E-state index in [9.17, 15) is 4.79 Å². The van der Waals surface area contributed by atoms with E-state index in [1.165, 1.54) is 102 Å². The monoisotopic (exact) mass is 588 g/mol. The quantitative estimate of drug-likeness (QED) is 0.0464. The van der Waals surface area contributed by atoms with E-state index in [0.717, 1.165) is 12.8 Å².